The lowest BCUT2D eigenvalue weighted by Crippen LogP contribution is -2.51. The van der Waals surface area contributed by atoms with Crippen LogP contribution in [-0.4, -0.2) is 57.6 Å². The zero-order valence-electron chi connectivity index (χ0n) is 12.6. The van der Waals surface area contributed by atoms with E-state index in [-0.39, 0.29) is 18.2 Å². The quantitative estimate of drug-likeness (QED) is 0.869. The van der Waals surface area contributed by atoms with Gasteiger partial charge in [0.05, 0.1) is 36.3 Å². The molecule has 0 saturated carbocycles. The fourth-order valence-electron chi connectivity index (χ4n) is 2.31. The van der Waals surface area contributed by atoms with Gasteiger partial charge in [-0.25, -0.2) is 4.79 Å². The number of hydrogen-bond donors (Lipinski definition) is 2. The summed E-state index contributed by atoms with van der Waals surface area (Å²) >= 11 is 0. The molecule has 0 spiro atoms. The molecule has 21 heavy (non-hydrogen) atoms. The number of ether oxygens (including phenoxy) is 2. The fourth-order valence-corrected chi connectivity index (χ4v) is 2.31. The Labute approximate surface area is 124 Å². The van der Waals surface area contributed by atoms with Crippen LogP contribution in [0.3, 0.4) is 0 Å². The number of carbonyl (C=O) groups excluding carboxylic acids is 1. The lowest BCUT2D eigenvalue weighted by molar-refractivity contribution is -0.0330. The lowest BCUT2D eigenvalue weighted by atomic mass is 10.1. The Morgan fingerprint density at radius 3 is 3.05 bits per heavy atom. The molecule has 2 atom stereocenters. The van der Waals surface area contributed by atoms with E-state index in [1.165, 1.54) is 0 Å². The van der Waals surface area contributed by atoms with Crippen molar-refractivity contribution < 1.29 is 14.3 Å². The molecule has 116 valence electrons. The van der Waals surface area contributed by atoms with Crippen LogP contribution in [0.25, 0.3) is 0 Å². The third kappa shape index (κ3) is 4.05. The lowest BCUT2D eigenvalue weighted by Gasteiger charge is -2.31. The predicted molar refractivity (Wildman–Crippen MR) is 80.7 cm³/mol. The minimum atomic E-state index is -0.276. The number of carbonyl (C=O) groups is 1. The molecule has 1 aliphatic heterocycles. The molecule has 0 bridgehead atoms. The molecule has 2 N–H and O–H groups in total. The number of hydrogen-bond acceptors (Lipinski definition) is 5. The van der Waals surface area contributed by atoms with Crippen molar-refractivity contribution in [3.63, 3.8) is 0 Å². The van der Waals surface area contributed by atoms with Gasteiger partial charge in [0.25, 0.3) is 0 Å². The van der Waals surface area contributed by atoms with Gasteiger partial charge in [0.1, 0.15) is 0 Å². The summed E-state index contributed by atoms with van der Waals surface area (Å²) in [5.74, 6) is 0. The number of nitrogens with one attached hydrogen (secondary N) is 2. The first kappa shape index (κ1) is 15.5. The second-order valence-electron chi connectivity index (χ2n) is 5.13. The first-order chi connectivity index (χ1) is 10.1. The predicted octanol–water partition coefficient (Wildman–Crippen LogP) is 1.07. The molecule has 0 radical (unpaired) electrons. The molecule has 1 fully saturated rings. The summed E-state index contributed by atoms with van der Waals surface area (Å²) < 4.78 is 10.8. The van der Waals surface area contributed by atoms with E-state index < -0.39 is 0 Å². The van der Waals surface area contributed by atoms with Crippen LogP contribution in [0.4, 0.5) is 16.2 Å². The third-order valence-electron chi connectivity index (χ3n) is 3.44. The van der Waals surface area contributed by atoms with Gasteiger partial charge >= 0.3 is 6.03 Å². The Hall–Kier alpha value is -1.86. The third-order valence-corrected chi connectivity index (χ3v) is 3.44. The molecule has 2 rings (SSSR count). The normalized spacial score (nSPS) is 21.7. The number of amides is 2. The molecule has 1 aromatic rings. The molecule has 1 aromatic heterocycles. The Kier molecular flexibility index (Phi) is 5.35. The van der Waals surface area contributed by atoms with Gasteiger partial charge in [-0.15, -0.1) is 0 Å². The van der Waals surface area contributed by atoms with Crippen LogP contribution >= 0.6 is 0 Å². The van der Waals surface area contributed by atoms with Gasteiger partial charge in [0, 0.05) is 34.0 Å². The number of pyridine rings is 1. The van der Waals surface area contributed by atoms with Crippen molar-refractivity contribution in [2.45, 2.75) is 18.6 Å². The molecular weight excluding hydrogens is 272 g/mol. The highest BCUT2D eigenvalue weighted by molar-refractivity contribution is 5.93. The summed E-state index contributed by atoms with van der Waals surface area (Å²) in [5, 5.41) is 5.74. The molecule has 7 heteroatoms. The Bertz CT molecular complexity index is 481. The van der Waals surface area contributed by atoms with E-state index in [4.69, 9.17) is 9.47 Å². The van der Waals surface area contributed by atoms with Gasteiger partial charge in [-0.05, 0) is 12.5 Å². The van der Waals surface area contributed by atoms with Crippen molar-refractivity contribution in [1.29, 1.82) is 0 Å². The van der Waals surface area contributed by atoms with Crippen molar-refractivity contribution in [2.75, 3.05) is 44.6 Å². The van der Waals surface area contributed by atoms with Crippen LogP contribution in [0.2, 0.25) is 0 Å². The summed E-state index contributed by atoms with van der Waals surface area (Å²) in [6.07, 6.45) is 4.11. The van der Waals surface area contributed by atoms with Gasteiger partial charge in [0.2, 0.25) is 0 Å². The highest BCUT2D eigenvalue weighted by atomic mass is 16.5. The topological polar surface area (TPSA) is 75.7 Å². The highest BCUT2D eigenvalue weighted by Gasteiger charge is 2.27. The molecular formula is C14H22N4O3. The molecule has 7 nitrogen and oxygen atoms in total. The summed E-state index contributed by atoms with van der Waals surface area (Å²) in [5.41, 5.74) is 1.55. The van der Waals surface area contributed by atoms with Crippen LogP contribution in [0.1, 0.15) is 6.42 Å². The van der Waals surface area contributed by atoms with Gasteiger partial charge in [-0.2, -0.15) is 0 Å². The van der Waals surface area contributed by atoms with Crippen molar-refractivity contribution in [3.8, 4) is 0 Å². The van der Waals surface area contributed by atoms with Gasteiger partial charge < -0.3 is 25.0 Å². The van der Waals surface area contributed by atoms with Crippen LogP contribution in [0.5, 0.6) is 0 Å². The molecule has 0 aromatic carbocycles. The van der Waals surface area contributed by atoms with Gasteiger partial charge in [0.15, 0.2) is 0 Å². The SMILES string of the molecule is CO[C@H]1CCOC[C@@H]1NC(=O)Nc1ccncc1N(C)C. The molecule has 2 amide bonds. The molecule has 2 heterocycles. The van der Waals surface area contributed by atoms with E-state index in [0.29, 0.717) is 18.9 Å². The monoisotopic (exact) mass is 294 g/mol. The number of urea groups is 1. The van der Waals surface area contributed by atoms with Gasteiger partial charge in [-0.1, -0.05) is 0 Å². The van der Waals surface area contributed by atoms with Crippen LogP contribution in [0.15, 0.2) is 18.5 Å². The van der Waals surface area contributed by atoms with E-state index in [0.717, 1.165) is 12.1 Å². The number of methoxy groups -OCH3 is 1. The van der Waals surface area contributed by atoms with Crippen molar-refractivity contribution in [2.24, 2.45) is 0 Å². The zero-order chi connectivity index (χ0) is 15.2. The number of anilines is 2. The average molecular weight is 294 g/mol. The first-order valence-corrected chi connectivity index (χ1v) is 6.91. The second kappa shape index (κ2) is 7.24. The summed E-state index contributed by atoms with van der Waals surface area (Å²) in [6.45, 7) is 1.12. The molecule has 0 unspecified atom stereocenters. The van der Waals surface area contributed by atoms with Crippen LogP contribution in [-0.2, 0) is 9.47 Å². The van der Waals surface area contributed by atoms with E-state index in [9.17, 15) is 4.79 Å². The van der Waals surface area contributed by atoms with Crippen LogP contribution < -0.4 is 15.5 Å². The second-order valence-corrected chi connectivity index (χ2v) is 5.13. The minimum Gasteiger partial charge on any atom is -0.379 e. The molecule has 1 aliphatic rings. The average Bonchev–Trinajstić information content (AvgIpc) is 2.48. The zero-order valence-corrected chi connectivity index (χ0v) is 12.6. The minimum absolute atomic E-state index is 0.0183. The van der Waals surface area contributed by atoms with Crippen molar-refractivity contribution in [3.05, 3.63) is 18.5 Å². The van der Waals surface area contributed by atoms with Crippen molar-refractivity contribution >= 4 is 17.4 Å². The van der Waals surface area contributed by atoms with E-state index in [1.807, 2.05) is 19.0 Å². The Balaban J connectivity index is 1.98. The smallest absolute Gasteiger partial charge is 0.319 e. The standard InChI is InChI=1S/C14H22N4O3/c1-18(2)12-8-15-6-4-10(12)16-14(19)17-11-9-21-7-5-13(11)20-3/h4,6,8,11,13H,5,7,9H2,1-3H3,(H2,15,16,17,19)/t11-,13-/m0/s1. The summed E-state index contributed by atoms with van der Waals surface area (Å²) in [7, 11) is 5.45. The van der Waals surface area contributed by atoms with E-state index in [1.54, 1.807) is 25.6 Å². The Morgan fingerprint density at radius 1 is 1.52 bits per heavy atom. The summed E-state index contributed by atoms with van der Waals surface area (Å²) in [6, 6.07) is 1.34. The highest BCUT2D eigenvalue weighted by Crippen LogP contribution is 2.22. The Morgan fingerprint density at radius 2 is 2.33 bits per heavy atom. The number of rotatable bonds is 4. The number of aromatic nitrogens is 1. The van der Waals surface area contributed by atoms with Crippen molar-refractivity contribution in [1.82, 2.24) is 10.3 Å². The molecule has 0 aliphatic carbocycles. The maximum absolute atomic E-state index is 12.1. The maximum atomic E-state index is 12.1. The number of nitrogens with zero attached hydrogens (tertiary/aromatic N) is 2. The molecule has 1 saturated heterocycles. The largest absolute Gasteiger partial charge is 0.379 e. The first-order valence-electron chi connectivity index (χ1n) is 6.91. The fraction of sp³-hybridized carbons (Fsp3) is 0.571. The van der Waals surface area contributed by atoms with E-state index >= 15 is 0 Å². The van der Waals surface area contributed by atoms with Crippen LogP contribution in [0, 0.1) is 0 Å². The van der Waals surface area contributed by atoms with E-state index in [2.05, 4.69) is 15.6 Å². The van der Waals surface area contributed by atoms with Gasteiger partial charge in [-0.3, -0.25) is 4.98 Å². The maximum Gasteiger partial charge on any atom is 0.319 e. The summed E-state index contributed by atoms with van der Waals surface area (Å²) in [4.78, 5) is 18.1.